The maximum atomic E-state index is 12.0. The van der Waals surface area contributed by atoms with E-state index in [1.807, 2.05) is 0 Å². The number of para-hydroxylation sites is 1. The molecule has 9 heteroatoms. The highest BCUT2D eigenvalue weighted by Crippen LogP contribution is 2.27. The first-order chi connectivity index (χ1) is 11.9. The minimum absolute atomic E-state index is 0.0215. The fourth-order valence-corrected chi connectivity index (χ4v) is 2.31. The normalized spacial score (nSPS) is 10.0. The lowest BCUT2D eigenvalue weighted by Gasteiger charge is -2.08. The number of carbonyl (C=O) groups is 2. The van der Waals surface area contributed by atoms with E-state index in [1.165, 1.54) is 19.2 Å². The molecule has 0 aromatic heterocycles. The van der Waals surface area contributed by atoms with Crippen LogP contribution >= 0.6 is 15.9 Å². The number of benzene rings is 2. The van der Waals surface area contributed by atoms with E-state index in [0.717, 1.165) is 6.07 Å². The van der Waals surface area contributed by atoms with E-state index in [9.17, 15) is 19.7 Å². The first-order valence-electron chi connectivity index (χ1n) is 6.96. The fraction of sp³-hybridized carbons (Fsp3) is 0.125. The quantitative estimate of drug-likeness (QED) is 0.446. The van der Waals surface area contributed by atoms with Crippen LogP contribution in [0.25, 0.3) is 0 Å². The van der Waals surface area contributed by atoms with Crippen molar-refractivity contribution in [2.45, 2.75) is 0 Å². The average Bonchev–Trinajstić information content (AvgIpc) is 2.61. The third kappa shape index (κ3) is 4.77. The minimum atomic E-state index is -0.854. The Labute approximate surface area is 151 Å². The molecule has 25 heavy (non-hydrogen) atoms. The number of esters is 1. The lowest BCUT2D eigenvalue weighted by molar-refractivity contribution is -0.385. The van der Waals surface area contributed by atoms with Crippen molar-refractivity contribution >= 4 is 39.2 Å². The molecule has 0 fully saturated rings. The number of methoxy groups -OCH3 is 1. The van der Waals surface area contributed by atoms with Crippen molar-refractivity contribution in [3.63, 3.8) is 0 Å². The van der Waals surface area contributed by atoms with E-state index in [-0.39, 0.29) is 17.0 Å². The predicted molar refractivity (Wildman–Crippen MR) is 92.7 cm³/mol. The average molecular weight is 409 g/mol. The number of nitrogens with one attached hydrogen (secondary N) is 1. The Morgan fingerprint density at radius 1 is 1.24 bits per heavy atom. The van der Waals surface area contributed by atoms with Gasteiger partial charge >= 0.3 is 11.7 Å². The Morgan fingerprint density at radius 3 is 2.60 bits per heavy atom. The number of nitro benzene ring substituents is 1. The second kappa shape index (κ2) is 8.25. The van der Waals surface area contributed by atoms with E-state index in [1.54, 1.807) is 24.3 Å². The molecule has 0 heterocycles. The highest BCUT2D eigenvalue weighted by molar-refractivity contribution is 9.10. The van der Waals surface area contributed by atoms with Crippen LogP contribution in [0, 0.1) is 10.1 Å². The van der Waals surface area contributed by atoms with Crippen LogP contribution in [0.1, 0.15) is 10.4 Å². The van der Waals surface area contributed by atoms with Gasteiger partial charge in [-0.1, -0.05) is 12.1 Å². The van der Waals surface area contributed by atoms with Crippen molar-refractivity contribution in [2.75, 3.05) is 19.0 Å². The van der Waals surface area contributed by atoms with E-state index in [4.69, 9.17) is 9.47 Å². The molecule has 0 radical (unpaired) electrons. The zero-order valence-electron chi connectivity index (χ0n) is 13.0. The molecule has 2 aromatic rings. The van der Waals surface area contributed by atoms with E-state index < -0.39 is 23.4 Å². The van der Waals surface area contributed by atoms with Gasteiger partial charge < -0.3 is 14.8 Å². The summed E-state index contributed by atoms with van der Waals surface area (Å²) in [6.07, 6.45) is 0. The molecule has 0 aliphatic heterocycles. The topological polar surface area (TPSA) is 108 Å². The fourth-order valence-electron chi connectivity index (χ4n) is 1.92. The third-order valence-corrected chi connectivity index (χ3v) is 3.79. The van der Waals surface area contributed by atoms with Crippen LogP contribution < -0.4 is 10.1 Å². The molecule has 0 bridgehead atoms. The highest BCUT2D eigenvalue weighted by Gasteiger charge is 2.19. The van der Waals surface area contributed by atoms with Gasteiger partial charge in [0.2, 0.25) is 0 Å². The van der Waals surface area contributed by atoms with Crippen molar-refractivity contribution < 1.29 is 24.0 Å². The molecule has 0 unspecified atom stereocenters. The van der Waals surface area contributed by atoms with Crippen LogP contribution in [0.5, 0.6) is 5.75 Å². The van der Waals surface area contributed by atoms with Gasteiger partial charge in [0.1, 0.15) is 0 Å². The Bertz CT molecular complexity index is 824. The number of ether oxygens (including phenoxy) is 2. The molecule has 2 aromatic carbocycles. The number of carbonyl (C=O) groups excluding carboxylic acids is 2. The summed E-state index contributed by atoms with van der Waals surface area (Å²) >= 11 is 3.28. The van der Waals surface area contributed by atoms with Gasteiger partial charge in [-0.25, -0.2) is 4.79 Å². The van der Waals surface area contributed by atoms with Crippen molar-refractivity contribution in [3.8, 4) is 5.75 Å². The third-order valence-electron chi connectivity index (χ3n) is 3.09. The van der Waals surface area contributed by atoms with Gasteiger partial charge in [0, 0.05) is 10.5 Å². The molecule has 0 saturated carbocycles. The SMILES string of the molecule is COc1ccc(C(=O)OCC(=O)Nc2ccccc2Br)cc1[N+](=O)[O-]. The highest BCUT2D eigenvalue weighted by atomic mass is 79.9. The van der Waals surface area contributed by atoms with E-state index in [2.05, 4.69) is 21.2 Å². The first kappa shape index (κ1) is 18.4. The van der Waals surface area contributed by atoms with Gasteiger partial charge in [-0.2, -0.15) is 0 Å². The van der Waals surface area contributed by atoms with Crippen molar-refractivity contribution in [1.29, 1.82) is 0 Å². The molecule has 130 valence electrons. The number of amides is 1. The summed E-state index contributed by atoms with van der Waals surface area (Å²) in [5, 5.41) is 13.5. The standard InChI is InChI=1S/C16H13BrN2O6/c1-24-14-7-6-10(8-13(14)19(22)23)16(21)25-9-15(20)18-12-5-3-2-4-11(12)17/h2-8H,9H2,1H3,(H,18,20). The summed E-state index contributed by atoms with van der Waals surface area (Å²) in [6.45, 7) is -0.528. The summed E-state index contributed by atoms with van der Waals surface area (Å²) < 4.78 is 10.4. The van der Waals surface area contributed by atoms with Crippen molar-refractivity contribution in [2.24, 2.45) is 0 Å². The molecule has 2 rings (SSSR count). The van der Waals surface area contributed by atoms with E-state index in [0.29, 0.717) is 10.2 Å². The molecular formula is C16H13BrN2O6. The zero-order valence-corrected chi connectivity index (χ0v) is 14.6. The Morgan fingerprint density at radius 2 is 1.96 bits per heavy atom. The summed E-state index contributed by atoms with van der Waals surface area (Å²) in [7, 11) is 1.28. The van der Waals surface area contributed by atoms with Crippen LogP contribution in [-0.4, -0.2) is 30.5 Å². The molecule has 8 nitrogen and oxygen atoms in total. The number of anilines is 1. The maximum Gasteiger partial charge on any atom is 0.338 e. The van der Waals surface area contributed by atoms with Gasteiger partial charge in [-0.15, -0.1) is 0 Å². The van der Waals surface area contributed by atoms with Gasteiger partial charge in [-0.3, -0.25) is 14.9 Å². The monoisotopic (exact) mass is 408 g/mol. The number of halogens is 1. The van der Waals surface area contributed by atoms with Crippen LogP contribution in [0.4, 0.5) is 11.4 Å². The van der Waals surface area contributed by atoms with E-state index >= 15 is 0 Å². The van der Waals surface area contributed by atoms with Gasteiger partial charge in [0.05, 0.1) is 23.3 Å². The molecule has 0 saturated heterocycles. The Balaban J connectivity index is 2.00. The van der Waals surface area contributed by atoms with Gasteiger partial charge in [0.25, 0.3) is 5.91 Å². The van der Waals surface area contributed by atoms with Gasteiger partial charge in [0.15, 0.2) is 12.4 Å². The summed E-state index contributed by atoms with van der Waals surface area (Å²) in [5.41, 5.74) is 0.111. The van der Waals surface area contributed by atoms with Crippen LogP contribution in [-0.2, 0) is 9.53 Å². The minimum Gasteiger partial charge on any atom is -0.490 e. The molecular weight excluding hydrogens is 396 g/mol. The van der Waals surface area contributed by atoms with Crippen LogP contribution in [0.3, 0.4) is 0 Å². The van der Waals surface area contributed by atoms with Crippen molar-refractivity contribution in [3.05, 3.63) is 62.6 Å². The number of nitrogens with zero attached hydrogens (tertiary/aromatic N) is 1. The molecule has 0 spiro atoms. The predicted octanol–water partition coefficient (Wildman–Crippen LogP) is 3.16. The van der Waals surface area contributed by atoms with Crippen molar-refractivity contribution in [1.82, 2.24) is 0 Å². The van der Waals surface area contributed by atoms with Crippen LogP contribution in [0.2, 0.25) is 0 Å². The second-order valence-corrected chi connectivity index (χ2v) is 5.60. The molecule has 0 aliphatic carbocycles. The summed E-state index contributed by atoms with van der Waals surface area (Å²) in [4.78, 5) is 34.1. The summed E-state index contributed by atoms with van der Waals surface area (Å²) in [5.74, 6) is -1.37. The molecule has 0 atom stereocenters. The van der Waals surface area contributed by atoms with Gasteiger partial charge in [-0.05, 0) is 40.2 Å². The zero-order chi connectivity index (χ0) is 18.4. The number of rotatable bonds is 6. The second-order valence-electron chi connectivity index (χ2n) is 4.75. The maximum absolute atomic E-state index is 12.0. The summed E-state index contributed by atoms with van der Waals surface area (Å²) in [6, 6.07) is 10.6. The Kier molecular flexibility index (Phi) is 6.07. The lowest BCUT2D eigenvalue weighted by atomic mass is 10.2. The molecule has 1 amide bonds. The van der Waals surface area contributed by atoms with Crippen LogP contribution in [0.15, 0.2) is 46.9 Å². The number of hydrogen-bond donors (Lipinski definition) is 1. The smallest absolute Gasteiger partial charge is 0.338 e. The molecule has 1 N–H and O–H groups in total. The number of hydrogen-bond acceptors (Lipinski definition) is 6. The Hall–Kier alpha value is -2.94. The molecule has 0 aliphatic rings. The number of nitro groups is 1. The largest absolute Gasteiger partial charge is 0.490 e. The lowest BCUT2D eigenvalue weighted by Crippen LogP contribution is -2.21. The first-order valence-corrected chi connectivity index (χ1v) is 7.75.